The maximum atomic E-state index is 13.4. The first kappa shape index (κ1) is 91.6. The number of carbonyl (C=O) groups excluding carboxylic acids is 1. The summed E-state index contributed by atoms with van der Waals surface area (Å²) in [6, 6.07) is -1.02. The van der Waals surface area contributed by atoms with Gasteiger partial charge >= 0.3 is 0 Å². The zero-order chi connectivity index (χ0) is 73.9. The van der Waals surface area contributed by atoms with Gasteiger partial charge in [-0.1, -0.05) is 255 Å². The number of nitrogens with one attached hydrogen (secondary N) is 1. The molecule has 0 aromatic rings. The van der Waals surface area contributed by atoms with Gasteiger partial charge in [0.25, 0.3) is 0 Å². The molecule has 3 aliphatic heterocycles. The van der Waals surface area contributed by atoms with Crippen LogP contribution in [0.2, 0.25) is 0 Å². The van der Waals surface area contributed by atoms with Gasteiger partial charge < -0.3 is 89.9 Å². The average Bonchev–Trinajstić information content (AvgIpc) is 0.781. The van der Waals surface area contributed by atoms with Crippen molar-refractivity contribution in [1.29, 1.82) is 0 Å². The fourth-order valence-electron chi connectivity index (χ4n) is 11.8. The molecule has 0 aromatic carbocycles. The molecule has 12 N–H and O–H groups in total. The van der Waals surface area contributed by atoms with E-state index in [9.17, 15) is 61.0 Å². The van der Waals surface area contributed by atoms with E-state index in [1.54, 1.807) is 6.08 Å². The van der Waals surface area contributed by atoms with Crippen LogP contribution in [-0.2, 0) is 33.2 Å². The topological polar surface area (TPSA) is 307 Å². The molecule has 580 valence electrons. The van der Waals surface area contributed by atoms with E-state index in [1.165, 1.54) is 77.0 Å². The highest BCUT2D eigenvalue weighted by atomic mass is 16.8. The first-order valence-electron chi connectivity index (χ1n) is 38.7. The third-order valence-corrected chi connectivity index (χ3v) is 18.0. The van der Waals surface area contributed by atoms with Crippen LogP contribution in [0.4, 0.5) is 0 Å². The van der Waals surface area contributed by atoms with Gasteiger partial charge in [-0.2, -0.15) is 0 Å². The van der Waals surface area contributed by atoms with Crippen LogP contribution < -0.4 is 5.32 Å². The van der Waals surface area contributed by atoms with Crippen molar-refractivity contribution in [2.75, 3.05) is 26.4 Å². The van der Waals surface area contributed by atoms with Gasteiger partial charge in [0.1, 0.15) is 73.2 Å². The number of aliphatic hydroxyl groups is 11. The first-order valence-corrected chi connectivity index (χ1v) is 38.7. The number of aliphatic hydroxyl groups excluding tert-OH is 11. The molecular formula is C83H135NO18. The number of rotatable bonds is 58. The second kappa shape index (κ2) is 61.6. The van der Waals surface area contributed by atoms with E-state index < -0.39 is 131 Å². The van der Waals surface area contributed by atoms with E-state index >= 15 is 0 Å². The molecule has 0 bridgehead atoms. The molecule has 19 nitrogen and oxygen atoms in total. The Balaban J connectivity index is 1.42. The number of hydrogen-bond donors (Lipinski definition) is 12. The van der Waals surface area contributed by atoms with Crippen molar-refractivity contribution in [2.24, 2.45) is 0 Å². The molecule has 0 aliphatic carbocycles. The minimum atomic E-state index is -1.99. The van der Waals surface area contributed by atoms with Gasteiger partial charge in [-0.3, -0.25) is 4.79 Å². The summed E-state index contributed by atoms with van der Waals surface area (Å²) in [5.74, 6) is -0.320. The zero-order valence-electron chi connectivity index (χ0n) is 61.8. The third kappa shape index (κ3) is 41.3. The Bertz CT molecular complexity index is 2460. The Morgan fingerprint density at radius 2 is 0.686 bits per heavy atom. The Kier molecular flexibility index (Phi) is 55.3. The van der Waals surface area contributed by atoms with E-state index in [0.717, 1.165) is 116 Å². The zero-order valence-corrected chi connectivity index (χ0v) is 61.8. The average molecular weight is 1430 g/mol. The summed E-state index contributed by atoms with van der Waals surface area (Å²) in [5.41, 5.74) is 0. The lowest BCUT2D eigenvalue weighted by atomic mass is 9.96. The minimum absolute atomic E-state index is 0.191. The predicted octanol–water partition coefficient (Wildman–Crippen LogP) is 12.4. The predicted molar refractivity (Wildman–Crippen MR) is 405 cm³/mol. The minimum Gasteiger partial charge on any atom is -0.394 e. The normalized spacial score (nSPS) is 27.1. The Hall–Kier alpha value is -4.59. The standard InChI is InChI=1S/C83H135NO18/c1-3-5-7-9-11-13-15-17-19-21-23-25-27-28-29-30-31-32-33-34-35-36-37-38-39-41-43-45-47-49-51-53-55-57-59-61-71(89)84-66(67(88)60-58-56-54-52-50-48-46-44-42-40-26-24-22-20-18-16-14-12-10-8-6-4-2)65-97-81-77(95)74(92)79(69(63-86)99-81)102-83-78(96)75(93)80(70(64-87)100-83)101-82-76(94)73(91)72(90)68(62-85)98-82/h5,7,11,13,17,19,23,25,28-29,31-32,34-35,37-38,41-44,47,49-50,52,58,60,66-70,72-83,85-88,90-96H,3-4,6,8-10,12,14-16,18,20-22,24,26-27,30,33,36,39-40,45-46,48,51,53-57,59,61-65H2,1-2H3,(H,84,89)/b7-5-,13-11-,19-17-,25-23-,29-28-,32-31-,35-34-,38-37-,43-41-,44-42+,49-47-,52-50+,60-58+. The van der Waals surface area contributed by atoms with Crippen LogP contribution in [0.25, 0.3) is 0 Å². The van der Waals surface area contributed by atoms with E-state index in [2.05, 4.69) is 165 Å². The number of hydrogen-bond acceptors (Lipinski definition) is 18. The molecule has 3 aliphatic rings. The molecular weight excluding hydrogens is 1300 g/mol. The highest BCUT2D eigenvalue weighted by Crippen LogP contribution is 2.33. The molecule has 0 saturated carbocycles. The number of amides is 1. The molecule has 3 saturated heterocycles. The van der Waals surface area contributed by atoms with Crippen LogP contribution in [-0.4, -0.2) is 193 Å². The van der Waals surface area contributed by atoms with Crippen molar-refractivity contribution < 1.29 is 89.4 Å². The Morgan fingerprint density at radius 3 is 1.10 bits per heavy atom. The smallest absolute Gasteiger partial charge is 0.220 e. The van der Waals surface area contributed by atoms with Gasteiger partial charge in [0.05, 0.1) is 38.6 Å². The maximum Gasteiger partial charge on any atom is 0.220 e. The molecule has 1 amide bonds. The van der Waals surface area contributed by atoms with Crippen LogP contribution in [0, 0.1) is 0 Å². The molecule has 17 atom stereocenters. The van der Waals surface area contributed by atoms with Gasteiger partial charge in [0.15, 0.2) is 18.9 Å². The largest absolute Gasteiger partial charge is 0.394 e. The second-order valence-electron chi connectivity index (χ2n) is 26.7. The summed E-state index contributed by atoms with van der Waals surface area (Å²) in [6.07, 6.45) is 63.6. The Morgan fingerprint density at radius 1 is 0.363 bits per heavy atom. The highest BCUT2D eigenvalue weighted by molar-refractivity contribution is 5.76. The van der Waals surface area contributed by atoms with Crippen molar-refractivity contribution in [3.05, 3.63) is 158 Å². The molecule has 0 spiro atoms. The van der Waals surface area contributed by atoms with Crippen molar-refractivity contribution in [1.82, 2.24) is 5.32 Å². The van der Waals surface area contributed by atoms with E-state index in [1.807, 2.05) is 6.08 Å². The number of unbranched alkanes of at least 4 members (excludes halogenated alkanes) is 18. The van der Waals surface area contributed by atoms with Crippen LogP contribution in [0.3, 0.4) is 0 Å². The van der Waals surface area contributed by atoms with Gasteiger partial charge in [-0.25, -0.2) is 0 Å². The van der Waals surface area contributed by atoms with Crippen molar-refractivity contribution in [3.63, 3.8) is 0 Å². The highest BCUT2D eigenvalue weighted by Gasteiger charge is 2.53. The number of carbonyl (C=O) groups is 1. The van der Waals surface area contributed by atoms with E-state index in [0.29, 0.717) is 12.8 Å². The van der Waals surface area contributed by atoms with Crippen LogP contribution in [0.15, 0.2) is 158 Å². The summed E-state index contributed by atoms with van der Waals surface area (Å²) in [5, 5.41) is 121. The number of allylic oxidation sites excluding steroid dienone is 25. The fourth-order valence-corrected chi connectivity index (χ4v) is 11.8. The Labute approximate surface area is 612 Å². The van der Waals surface area contributed by atoms with Crippen molar-refractivity contribution >= 4 is 5.91 Å². The van der Waals surface area contributed by atoms with Crippen LogP contribution in [0.1, 0.15) is 226 Å². The molecule has 19 heteroatoms. The molecule has 3 fully saturated rings. The van der Waals surface area contributed by atoms with Crippen LogP contribution >= 0.6 is 0 Å². The molecule has 0 radical (unpaired) electrons. The van der Waals surface area contributed by atoms with Gasteiger partial charge in [0.2, 0.25) is 5.91 Å². The summed E-state index contributed by atoms with van der Waals surface area (Å²) >= 11 is 0. The molecule has 3 heterocycles. The van der Waals surface area contributed by atoms with Gasteiger partial charge in [-0.15, -0.1) is 0 Å². The molecule has 3 rings (SSSR count). The lowest BCUT2D eigenvalue weighted by molar-refractivity contribution is -0.379. The lowest BCUT2D eigenvalue weighted by Crippen LogP contribution is -2.66. The summed E-state index contributed by atoms with van der Waals surface area (Å²) in [6.45, 7) is 1.56. The van der Waals surface area contributed by atoms with E-state index in [-0.39, 0.29) is 12.3 Å². The molecule has 102 heavy (non-hydrogen) atoms. The van der Waals surface area contributed by atoms with Gasteiger partial charge in [0, 0.05) is 6.42 Å². The molecule has 0 aromatic heterocycles. The lowest BCUT2D eigenvalue weighted by Gasteiger charge is -2.48. The summed E-state index contributed by atoms with van der Waals surface area (Å²) in [4.78, 5) is 13.4. The monoisotopic (exact) mass is 1430 g/mol. The van der Waals surface area contributed by atoms with Crippen molar-refractivity contribution in [3.8, 4) is 0 Å². The van der Waals surface area contributed by atoms with Gasteiger partial charge in [-0.05, 0) is 122 Å². The second-order valence-corrected chi connectivity index (χ2v) is 26.7. The first-order chi connectivity index (χ1) is 49.8. The maximum absolute atomic E-state index is 13.4. The summed E-state index contributed by atoms with van der Waals surface area (Å²) < 4.78 is 34.4. The summed E-state index contributed by atoms with van der Waals surface area (Å²) in [7, 11) is 0. The SMILES string of the molecule is CC/C=C\C/C=C\C/C=C\C/C=C\C/C=C\C/C=C\C/C=C\C/C=C\C/C=C\C/C=C\CCCCCCC(=O)NC(COC1OC(CO)C(OC2OC(CO)C(OC3OC(CO)C(O)C(O)C3O)C(O)C2O)C(O)C1O)C(O)/C=C/CC/C=C/CC/C=C/CCCCCCCCCCCCCC. The third-order valence-electron chi connectivity index (χ3n) is 18.0. The van der Waals surface area contributed by atoms with E-state index in [4.69, 9.17) is 28.4 Å². The number of ether oxygens (including phenoxy) is 6. The molecule has 17 unspecified atom stereocenters. The van der Waals surface area contributed by atoms with Crippen LogP contribution in [0.5, 0.6) is 0 Å². The quantitative estimate of drug-likeness (QED) is 0.0199. The fraction of sp³-hybridized carbons (Fsp3) is 0.675. The van der Waals surface area contributed by atoms with Crippen molar-refractivity contribution in [2.45, 2.75) is 330 Å².